The largest absolute Gasteiger partial charge is 0.465 e. The molecule has 1 rings (SSSR count). The Hall–Kier alpha value is -0.530. The minimum absolute atomic E-state index is 0.0403. The molecule has 0 saturated carbocycles. The van der Waals surface area contributed by atoms with Gasteiger partial charge in [-0.3, -0.25) is 4.79 Å². The molecule has 0 N–H and O–H groups in total. The molecule has 0 aliphatic carbocycles. The Morgan fingerprint density at radius 1 is 1.21 bits per heavy atom. The molecular formula is C12H22O2. The lowest BCUT2D eigenvalue weighted by Gasteiger charge is -2.04. The van der Waals surface area contributed by atoms with Gasteiger partial charge in [-0.05, 0) is 12.8 Å². The van der Waals surface area contributed by atoms with Crippen molar-refractivity contribution in [3.63, 3.8) is 0 Å². The van der Waals surface area contributed by atoms with Crippen molar-refractivity contribution in [2.75, 3.05) is 6.61 Å². The third-order valence-electron chi connectivity index (χ3n) is 2.95. The lowest BCUT2D eigenvalue weighted by Crippen LogP contribution is -2.06. The van der Waals surface area contributed by atoms with Gasteiger partial charge < -0.3 is 4.74 Å². The van der Waals surface area contributed by atoms with Gasteiger partial charge in [0.15, 0.2) is 0 Å². The van der Waals surface area contributed by atoms with Gasteiger partial charge in [0.05, 0.1) is 12.5 Å². The van der Waals surface area contributed by atoms with Crippen molar-refractivity contribution in [1.29, 1.82) is 0 Å². The molecule has 1 heterocycles. The second-order valence-electron chi connectivity index (χ2n) is 4.21. The van der Waals surface area contributed by atoms with Crippen LogP contribution in [-0.2, 0) is 9.53 Å². The zero-order valence-electron chi connectivity index (χ0n) is 9.26. The Labute approximate surface area is 87.0 Å². The third kappa shape index (κ3) is 4.12. The van der Waals surface area contributed by atoms with Gasteiger partial charge >= 0.3 is 5.97 Å². The predicted molar refractivity (Wildman–Crippen MR) is 57.1 cm³/mol. The first-order chi connectivity index (χ1) is 6.84. The van der Waals surface area contributed by atoms with E-state index >= 15 is 0 Å². The van der Waals surface area contributed by atoms with Gasteiger partial charge in [-0.1, -0.05) is 45.4 Å². The first-order valence-corrected chi connectivity index (χ1v) is 6.01. The van der Waals surface area contributed by atoms with Crippen LogP contribution in [0.25, 0.3) is 0 Å². The predicted octanol–water partition coefficient (Wildman–Crippen LogP) is 3.30. The average molecular weight is 198 g/mol. The normalized spacial score (nSPS) is 21.2. The molecule has 1 atom stereocenters. The fraction of sp³-hybridized carbons (Fsp3) is 0.917. The van der Waals surface area contributed by atoms with E-state index in [0.29, 0.717) is 6.61 Å². The summed E-state index contributed by atoms with van der Waals surface area (Å²) in [6.07, 6.45) is 9.81. The highest BCUT2D eigenvalue weighted by atomic mass is 16.5. The summed E-state index contributed by atoms with van der Waals surface area (Å²) in [6.45, 7) is 2.88. The molecule has 0 unspecified atom stereocenters. The first-order valence-electron chi connectivity index (χ1n) is 6.01. The fourth-order valence-corrected chi connectivity index (χ4v) is 1.97. The van der Waals surface area contributed by atoms with Crippen LogP contribution in [0.2, 0.25) is 0 Å². The van der Waals surface area contributed by atoms with E-state index in [-0.39, 0.29) is 11.9 Å². The third-order valence-corrected chi connectivity index (χ3v) is 2.95. The monoisotopic (exact) mass is 198 g/mol. The van der Waals surface area contributed by atoms with Gasteiger partial charge in [-0.25, -0.2) is 0 Å². The quantitative estimate of drug-likeness (QED) is 0.463. The van der Waals surface area contributed by atoms with E-state index in [9.17, 15) is 4.79 Å². The molecular weight excluding hydrogens is 176 g/mol. The van der Waals surface area contributed by atoms with Crippen molar-refractivity contribution < 1.29 is 9.53 Å². The summed E-state index contributed by atoms with van der Waals surface area (Å²) in [5.74, 6) is 0.264. The van der Waals surface area contributed by atoms with E-state index < -0.39 is 0 Å². The van der Waals surface area contributed by atoms with Crippen LogP contribution in [0.3, 0.4) is 0 Å². The van der Waals surface area contributed by atoms with E-state index in [1.807, 2.05) is 0 Å². The Balaban J connectivity index is 1.90. The van der Waals surface area contributed by atoms with Gasteiger partial charge in [-0.15, -0.1) is 0 Å². The van der Waals surface area contributed by atoms with Crippen molar-refractivity contribution in [3.8, 4) is 0 Å². The SMILES string of the molecule is CCCCCCCC[C@@H]1CCOC1=O. The molecule has 0 amide bonds. The van der Waals surface area contributed by atoms with E-state index in [1.165, 1.54) is 38.5 Å². The molecule has 0 aromatic heterocycles. The van der Waals surface area contributed by atoms with Crippen LogP contribution >= 0.6 is 0 Å². The second kappa shape index (κ2) is 6.86. The molecule has 14 heavy (non-hydrogen) atoms. The van der Waals surface area contributed by atoms with Crippen molar-refractivity contribution in [3.05, 3.63) is 0 Å². The Kier molecular flexibility index (Phi) is 5.65. The number of carbonyl (C=O) groups excluding carboxylic acids is 1. The Bertz CT molecular complexity index is 166. The standard InChI is InChI=1S/C12H22O2/c1-2-3-4-5-6-7-8-11-9-10-14-12(11)13/h11H,2-10H2,1H3/t11-/m1/s1. The topological polar surface area (TPSA) is 26.3 Å². The zero-order valence-corrected chi connectivity index (χ0v) is 9.26. The molecule has 82 valence electrons. The number of hydrogen-bond acceptors (Lipinski definition) is 2. The van der Waals surface area contributed by atoms with Crippen LogP contribution in [0.1, 0.15) is 58.3 Å². The summed E-state index contributed by atoms with van der Waals surface area (Å²) in [4.78, 5) is 11.1. The van der Waals surface area contributed by atoms with Crippen molar-refractivity contribution in [2.24, 2.45) is 5.92 Å². The highest BCUT2D eigenvalue weighted by molar-refractivity contribution is 5.73. The summed E-state index contributed by atoms with van der Waals surface area (Å²) in [7, 11) is 0. The maximum Gasteiger partial charge on any atom is 0.309 e. The van der Waals surface area contributed by atoms with Gasteiger partial charge in [-0.2, -0.15) is 0 Å². The Morgan fingerprint density at radius 2 is 1.93 bits per heavy atom. The number of rotatable bonds is 7. The molecule has 1 saturated heterocycles. The second-order valence-corrected chi connectivity index (χ2v) is 4.21. The van der Waals surface area contributed by atoms with Crippen LogP contribution in [-0.4, -0.2) is 12.6 Å². The molecule has 1 aliphatic heterocycles. The van der Waals surface area contributed by atoms with Crippen LogP contribution in [0, 0.1) is 5.92 Å². The lowest BCUT2D eigenvalue weighted by atomic mass is 9.99. The van der Waals surface area contributed by atoms with Gasteiger partial charge in [0, 0.05) is 0 Å². The highest BCUT2D eigenvalue weighted by Gasteiger charge is 2.25. The number of unbranched alkanes of at least 4 members (excludes halogenated alkanes) is 5. The zero-order chi connectivity index (χ0) is 10.2. The molecule has 2 nitrogen and oxygen atoms in total. The van der Waals surface area contributed by atoms with Crippen LogP contribution in [0.5, 0.6) is 0 Å². The molecule has 0 bridgehead atoms. The smallest absolute Gasteiger partial charge is 0.309 e. The number of carbonyl (C=O) groups is 1. The summed E-state index contributed by atoms with van der Waals surface area (Å²) in [5.41, 5.74) is 0. The van der Waals surface area contributed by atoms with Gasteiger partial charge in [0.1, 0.15) is 0 Å². The van der Waals surface area contributed by atoms with Crippen molar-refractivity contribution >= 4 is 5.97 Å². The number of cyclic esters (lactones) is 1. The van der Waals surface area contributed by atoms with Gasteiger partial charge in [0.25, 0.3) is 0 Å². The number of esters is 1. The molecule has 0 radical (unpaired) electrons. The summed E-state index contributed by atoms with van der Waals surface area (Å²) in [6, 6.07) is 0. The highest BCUT2D eigenvalue weighted by Crippen LogP contribution is 2.21. The summed E-state index contributed by atoms with van der Waals surface area (Å²) in [5, 5.41) is 0. The maximum absolute atomic E-state index is 11.1. The average Bonchev–Trinajstić information content (AvgIpc) is 2.58. The molecule has 1 aliphatic rings. The van der Waals surface area contributed by atoms with E-state index in [2.05, 4.69) is 6.92 Å². The first kappa shape index (κ1) is 11.5. The van der Waals surface area contributed by atoms with E-state index in [4.69, 9.17) is 4.74 Å². The molecule has 0 spiro atoms. The summed E-state index contributed by atoms with van der Waals surface area (Å²) < 4.78 is 4.92. The molecule has 0 aromatic carbocycles. The van der Waals surface area contributed by atoms with Gasteiger partial charge in [0.2, 0.25) is 0 Å². The lowest BCUT2D eigenvalue weighted by molar-refractivity contribution is -0.141. The number of hydrogen-bond donors (Lipinski definition) is 0. The molecule has 2 heteroatoms. The number of ether oxygens (including phenoxy) is 1. The maximum atomic E-state index is 11.1. The van der Waals surface area contributed by atoms with Crippen LogP contribution in [0.15, 0.2) is 0 Å². The molecule has 0 aromatic rings. The summed E-state index contributed by atoms with van der Waals surface area (Å²) >= 11 is 0. The minimum atomic E-state index is 0.0403. The van der Waals surface area contributed by atoms with Crippen LogP contribution < -0.4 is 0 Å². The molecule has 1 fully saturated rings. The van der Waals surface area contributed by atoms with E-state index in [1.54, 1.807) is 0 Å². The Morgan fingerprint density at radius 3 is 2.57 bits per heavy atom. The van der Waals surface area contributed by atoms with E-state index in [0.717, 1.165) is 12.8 Å². The minimum Gasteiger partial charge on any atom is -0.465 e. The van der Waals surface area contributed by atoms with Crippen LogP contribution in [0.4, 0.5) is 0 Å². The van der Waals surface area contributed by atoms with Crippen molar-refractivity contribution in [2.45, 2.75) is 58.3 Å². The fourth-order valence-electron chi connectivity index (χ4n) is 1.97. The van der Waals surface area contributed by atoms with Crippen molar-refractivity contribution in [1.82, 2.24) is 0 Å².